The molecule has 3 heteroatoms. The number of aryl methyl sites for hydroxylation is 1. The van der Waals surface area contributed by atoms with Crippen molar-refractivity contribution < 1.29 is 0 Å². The first-order valence-corrected chi connectivity index (χ1v) is 9.15. The Morgan fingerprint density at radius 1 is 1.00 bits per heavy atom. The SMILES string of the molecule is CSc1ccc(C(c2cccc(C)c2)N2CCNCC2)cc1. The first-order valence-electron chi connectivity index (χ1n) is 7.93. The highest BCUT2D eigenvalue weighted by atomic mass is 32.2. The first kappa shape index (κ1) is 15.6. The molecule has 2 nitrogen and oxygen atoms in total. The van der Waals surface area contributed by atoms with Gasteiger partial charge in [0.25, 0.3) is 0 Å². The van der Waals surface area contributed by atoms with E-state index in [1.165, 1.54) is 21.6 Å². The fourth-order valence-corrected chi connectivity index (χ4v) is 3.59. The largest absolute Gasteiger partial charge is 0.314 e. The van der Waals surface area contributed by atoms with Crippen molar-refractivity contribution in [3.63, 3.8) is 0 Å². The molecule has 0 amide bonds. The van der Waals surface area contributed by atoms with E-state index in [4.69, 9.17) is 0 Å². The van der Waals surface area contributed by atoms with Gasteiger partial charge in [0.15, 0.2) is 0 Å². The summed E-state index contributed by atoms with van der Waals surface area (Å²) in [6.45, 7) is 6.53. The maximum absolute atomic E-state index is 3.46. The lowest BCUT2D eigenvalue weighted by Crippen LogP contribution is -2.45. The number of rotatable bonds is 4. The average Bonchev–Trinajstić information content (AvgIpc) is 2.57. The molecular weight excluding hydrogens is 288 g/mol. The van der Waals surface area contributed by atoms with Gasteiger partial charge in [-0.15, -0.1) is 11.8 Å². The number of thioether (sulfide) groups is 1. The minimum absolute atomic E-state index is 0.359. The molecule has 1 aliphatic heterocycles. The van der Waals surface area contributed by atoms with Crippen LogP contribution in [0.25, 0.3) is 0 Å². The molecule has 2 aromatic rings. The third-order valence-corrected chi connectivity index (χ3v) is 5.05. The summed E-state index contributed by atoms with van der Waals surface area (Å²) in [5.41, 5.74) is 4.13. The second-order valence-corrected chi connectivity index (χ2v) is 6.76. The molecule has 0 bridgehead atoms. The van der Waals surface area contributed by atoms with E-state index in [-0.39, 0.29) is 0 Å². The van der Waals surface area contributed by atoms with Crippen LogP contribution >= 0.6 is 11.8 Å². The Morgan fingerprint density at radius 3 is 2.36 bits per heavy atom. The summed E-state index contributed by atoms with van der Waals surface area (Å²) < 4.78 is 0. The molecular formula is C19H24N2S. The van der Waals surface area contributed by atoms with E-state index in [0.717, 1.165) is 26.2 Å². The van der Waals surface area contributed by atoms with Crippen molar-refractivity contribution in [3.8, 4) is 0 Å². The molecule has 1 saturated heterocycles. The summed E-state index contributed by atoms with van der Waals surface area (Å²) in [6.07, 6.45) is 2.13. The molecule has 2 aromatic carbocycles. The van der Waals surface area contributed by atoms with Crippen LogP contribution in [0, 0.1) is 6.92 Å². The molecule has 1 fully saturated rings. The molecule has 116 valence electrons. The van der Waals surface area contributed by atoms with Crippen LogP contribution in [-0.4, -0.2) is 37.3 Å². The van der Waals surface area contributed by atoms with Gasteiger partial charge in [0, 0.05) is 31.1 Å². The van der Waals surface area contributed by atoms with Gasteiger partial charge in [-0.1, -0.05) is 42.0 Å². The van der Waals surface area contributed by atoms with Crippen LogP contribution in [0.5, 0.6) is 0 Å². The molecule has 1 unspecified atom stereocenters. The van der Waals surface area contributed by atoms with Gasteiger partial charge in [0.2, 0.25) is 0 Å². The third kappa shape index (κ3) is 3.54. The summed E-state index contributed by atoms with van der Waals surface area (Å²) in [4.78, 5) is 3.92. The van der Waals surface area contributed by atoms with Crippen molar-refractivity contribution in [2.45, 2.75) is 17.9 Å². The van der Waals surface area contributed by atoms with Gasteiger partial charge < -0.3 is 5.32 Å². The molecule has 1 N–H and O–H groups in total. The van der Waals surface area contributed by atoms with Gasteiger partial charge in [-0.25, -0.2) is 0 Å². The van der Waals surface area contributed by atoms with Gasteiger partial charge in [0.1, 0.15) is 0 Å². The molecule has 0 aliphatic carbocycles. The minimum Gasteiger partial charge on any atom is -0.314 e. The summed E-state index contributed by atoms with van der Waals surface area (Å²) in [6, 6.07) is 18.4. The zero-order valence-corrected chi connectivity index (χ0v) is 14.2. The zero-order chi connectivity index (χ0) is 15.4. The number of nitrogens with one attached hydrogen (secondary N) is 1. The highest BCUT2D eigenvalue weighted by Crippen LogP contribution is 2.30. The standard InChI is InChI=1S/C19H24N2S/c1-15-4-3-5-17(14-15)19(21-12-10-20-11-13-21)16-6-8-18(22-2)9-7-16/h3-9,14,19-20H,10-13H2,1-2H3. The van der Waals surface area contributed by atoms with E-state index < -0.39 is 0 Å². The Balaban J connectivity index is 1.97. The molecule has 0 radical (unpaired) electrons. The summed E-state index contributed by atoms with van der Waals surface area (Å²) in [7, 11) is 0. The van der Waals surface area contributed by atoms with Crippen LogP contribution in [0.4, 0.5) is 0 Å². The number of piperazine rings is 1. The van der Waals surface area contributed by atoms with Crippen molar-refractivity contribution in [2.75, 3.05) is 32.4 Å². The van der Waals surface area contributed by atoms with Crippen molar-refractivity contribution in [1.82, 2.24) is 10.2 Å². The van der Waals surface area contributed by atoms with E-state index >= 15 is 0 Å². The van der Waals surface area contributed by atoms with Crippen LogP contribution in [0.2, 0.25) is 0 Å². The van der Waals surface area contributed by atoms with E-state index in [0.29, 0.717) is 6.04 Å². The van der Waals surface area contributed by atoms with Crippen molar-refractivity contribution >= 4 is 11.8 Å². The fraction of sp³-hybridized carbons (Fsp3) is 0.368. The average molecular weight is 312 g/mol. The van der Waals surface area contributed by atoms with Crippen LogP contribution in [0.3, 0.4) is 0 Å². The lowest BCUT2D eigenvalue weighted by Gasteiger charge is -2.35. The Morgan fingerprint density at radius 2 is 1.73 bits per heavy atom. The summed E-state index contributed by atoms with van der Waals surface area (Å²) in [5, 5.41) is 3.46. The minimum atomic E-state index is 0.359. The normalized spacial score (nSPS) is 17.4. The Kier molecular flexibility index (Phi) is 5.19. The maximum atomic E-state index is 3.46. The highest BCUT2D eigenvalue weighted by molar-refractivity contribution is 7.98. The molecule has 0 saturated carbocycles. The first-order chi connectivity index (χ1) is 10.8. The number of hydrogen-bond acceptors (Lipinski definition) is 3. The van der Waals surface area contributed by atoms with Gasteiger partial charge in [0.05, 0.1) is 6.04 Å². The lowest BCUT2D eigenvalue weighted by atomic mass is 9.95. The van der Waals surface area contributed by atoms with Crippen molar-refractivity contribution in [2.24, 2.45) is 0 Å². The van der Waals surface area contributed by atoms with Crippen LogP contribution in [0.15, 0.2) is 53.4 Å². The molecule has 1 atom stereocenters. The zero-order valence-electron chi connectivity index (χ0n) is 13.4. The Labute approximate surface area is 137 Å². The van der Waals surface area contributed by atoms with Gasteiger partial charge in [-0.2, -0.15) is 0 Å². The highest BCUT2D eigenvalue weighted by Gasteiger charge is 2.23. The number of nitrogens with zero attached hydrogens (tertiary/aromatic N) is 1. The fourth-order valence-electron chi connectivity index (χ4n) is 3.18. The van der Waals surface area contributed by atoms with Crippen molar-refractivity contribution in [1.29, 1.82) is 0 Å². The molecule has 0 spiro atoms. The Hall–Kier alpha value is -1.29. The molecule has 22 heavy (non-hydrogen) atoms. The van der Waals surface area contributed by atoms with Gasteiger partial charge in [-0.05, 0) is 36.4 Å². The van der Waals surface area contributed by atoms with Crippen molar-refractivity contribution in [3.05, 3.63) is 65.2 Å². The third-order valence-electron chi connectivity index (χ3n) is 4.31. The molecule has 1 aliphatic rings. The smallest absolute Gasteiger partial charge is 0.0602 e. The molecule has 0 aromatic heterocycles. The van der Waals surface area contributed by atoms with E-state index in [1.54, 1.807) is 11.8 Å². The lowest BCUT2D eigenvalue weighted by molar-refractivity contribution is 0.198. The second-order valence-electron chi connectivity index (χ2n) is 5.88. The molecule has 1 heterocycles. The van der Waals surface area contributed by atoms with Gasteiger partial charge in [-0.3, -0.25) is 4.90 Å². The van der Waals surface area contributed by atoms with E-state index in [2.05, 4.69) is 71.9 Å². The van der Waals surface area contributed by atoms with E-state index in [1.807, 2.05) is 0 Å². The predicted octanol–water partition coefficient (Wildman–Crippen LogP) is 3.71. The van der Waals surface area contributed by atoms with Crippen LogP contribution in [0.1, 0.15) is 22.7 Å². The number of hydrogen-bond donors (Lipinski definition) is 1. The predicted molar refractivity (Wildman–Crippen MR) is 95.7 cm³/mol. The molecule has 3 rings (SSSR count). The van der Waals surface area contributed by atoms with Crippen LogP contribution < -0.4 is 5.32 Å². The second kappa shape index (κ2) is 7.32. The van der Waals surface area contributed by atoms with Gasteiger partial charge >= 0.3 is 0 Å². The quantitative estimate of drug-likeness (QED) is 0.867. The maximum Gasteiger partial charge on any atom is 0.0602 e. The van der Waals surface area contributed by atoms with Crippen LogP contribution in [-0.2, 0) is 0 Å². The topological polar surface area (TPSA) is 15.3 Å². The van der Waals surface area contributed by atoms with E-state index in [9.17, 15) is 0 Å². The monoisotopic (exact) mass is 312 g/mol. The summed E-state index contributed by atoms with van der Waals surface area (Å²) >= 11 is 1.80. The Bertz CT molecular complexity index is 603. The number of benzene rings is 2. The summed E-state index contributed by atoms with van der Waals surface area (Å²) in [5.74, 6) is 0.